The van der Waals surface area contributed by atoms with Crippen LogP contribution in [0, 0.1) is 13.8 Å². The molecule has 1 rings (SSSR count). The Morgan fingerprint density at radius 1 is 1.18 bits per heavy atom. The van der Waals surface area contributed by atoms with Gasteiger partial charge in [0.2, 0.25) is 0 Å². The van der Waals surface area contributed by atoms with Crippen LogP contribution in [0.5, 0.6) is 0 Å². The summed E-state index contributed by atoms with van der Waals surface area (Å²) in [7, 11) is 0. The standard InChI is InChI=1S/C15H26N2/c1-4-9-17(10-5-8-16)12-15-11-13(2)6-7-14(15)3/h6-7,11H,4-5,8-10,12,16H2,1-3H3. The van der Waals surface area contributed by atoms with E-state index in [0.29, 0.717) is 0 Å². The van der Waals surface area contributed by atoms with Crippen LogP contribution in [-0.2, 0) is 6.54 Å². The maximum Gasteiger partial charge on any atom is 0.0236 e. The first kappa shape index (κ1) is 14.2. The van der Waals surface area contributed by atoms with Gasteiger partial charge < -0.3 is 5.73 Å². The minimum absolute atomic E-state index is 0.785. The predicted octanol–water partition coefficient (Wildman–Crippen LogP) is 2.86. The maximum absolute atomic E-state index is 5.59. The molecule has 0 fully saturated rings. The number of aryl methyl sites for hydroxylation is 2. The summed E-state index contributed by atoms with van der Waals surface area (Å²) in [6.45, 7) is 10.7. The Labute approximate surface area is 106 Å². The monoisotopic (exact) mass is 234 g/mol. The van der Waals surface area contributed by atoms with Crippen molar-refractivity contribution < 1.29 is 0 Å². The molecule has 0 bridgehead atoms. The molecule has 0 saturated carbocycles. The van der Waals surface area contributed by atoms with Crippen LogP contribution < -0.4 is 5.73 Å². The summed E-state index contributed by atoms with van der Waals surface area (Å²) in [6, 6.07) is 6.71. The van der Waals surface area contributed by atoms with Gasteiger partial charge in [-0.1, -0.05) is 30.7 Å². The summed E-state index contributed by atoms with van der Waals surface area (Å²) in [5.41, 5.74) is 9.79. The predicted molar refractivity (Wildman–Crippen MR) is 75.2 cm³/mol. The Morgan fingerprint density at radius 3 is 2.59 bits per heavy atom. The molecule has 1 aromatic carbocycles. The van der Waals surface area contributed by atoms with Crippen LogP contribution in [-0.4, -0.2) is 24.5 Å². The average Bonchev–Trinajstić information content (AvgIpc) is 2.31. The summed E-state index contributed by atoms with van der Waals surface area (Å²) < 4.78 is 0. The van der Waals surface area contributed by atoms with Gasteiger partial charge in [-0.3, -0.25) is 4.90 Å². The summed E-state index contributed by atoms with van der Waals surface area (Å²) in [4.78, 5) is 2.51. The van der Waals surface area contributed by atoms with Crippen molar-refractivity contribution >= 4 is 0 Å². The zero-order valence-corrected chi connectivity index (χ0v) is 11.5. The summed E-state index contributed by atoms with van der Waals surface area (Å²) in [6.07, 6.45) is 2.29. The van der Waals surface area contributed by atoms with Gasteiger partial charge >= 0.3 is 0 Å². The lowest BCUT2D eigenvalue weighted by atomic mass is 10.1. The van der Waals surface area contributed by atoms with E-state index in [9.17, 15) is 0 Å². The van der Waals surface area contributed by atoms with E-state index in [0.717, 1.165) is 32.6 Å². The summed E-state index contributed by atoms with van der Waals surface area (Å²) >= 11 is 0. The molecular formula is C15H26N2. The fraction of sp³-hybridized carbons (Fsp3) is 0.600. The van der Waals surface area contributed by atoms with E-state index < -0.39 is 0 Å². The van der Waals surface area contributed by atoms with Gasteiger partial charge in [0, 0.05) is 6.54 Å². The molecule has 96 valence electrons. The van der Waals surface area contributed by atoms with E-state index in [-0.39, 0.29) is 0 Å². The van der Waals surface area contributed by atoms with Crippen LogP contribution in [0.1, 0.15) is 36.5 Å². The third kappa shape index (κ3) is 4.88. The molecule has 0 heterocycles. The molecule has 0 amide bonds. The molecular weight excluding hydrogens is 208 g/mol. The van der Waals surface area contributed by atoms with Crippen molar-refractivity contribution in [3.05, 3.63) is 34.9 Å². The first-order chi connectivity index (χ1) is 8.17. The zero-order valence-electron chi connectivity index (χ0n) is 11.5. The molecule has 0 unspecified atom stereocenters. The highest BCUT2D eigenvalue weighted by molar-refractivity contribution is 5.30. The molecule has 0 spiro atoms. The van der Waals surface area contributed by atoms with Gasteiger partial charge in [-0.25, -0.2) is 0 Å². The smallest absolute Gasteiger partial charge is 0.0236 e. The molecule has 17 heavy (non-hydrogen) atoms. The van der Waals surface area contributed by atoms with Crippen molar-refractivity contribution in [2.75, 3.05) is 19.6 Å². The highest BCUT2D eigenvalue weighted by atomic mass is 15.1. The Kier molecular flexibility index (Phi) is 6.23. The van der Waals surface area contributed by atoms with Crippen molar-refractivity contribution in [3.8, 4) is 0 Å². The Hall–Kier alpha value is -0.860. The minimum Gasteiger partial charge on any atom is -0.330 e. The van der Waals surface area contributed by atoms with Crippen LogP contribution in [0.15, 0.2) is 18.2 Å². The van der Waals surface area contributed by atoms with Gasteiger partial charge in [0.25, 0.3) is 0 Å². The average molecular weight is 234 g/mol. The fourth-order valence-corrected chi connectivity index (χ4v) is 2.11. The van der Waals surface area contributed by atoms with Gasteiger partial charge in [0.05, 0.1) is 0 Å². The van der Waals surface area contributed by atoms with Crippen molar-refractivity contribution in [1.82, 2.24) is 4.90 Å². The second kappa shape index (κ2) is 7.46. The van der Waals surface area contributed by atoms with Gasteiger partial charge in [0.15, 0.2) is 0 Å². The van der Waals surface area contributed by atoms with Gasteiger partial charge in [-0.15, -0.1) is 0 Å². The molecule has 0 aliphatic heterocycles. The lowest BCUT2D eigenvalue weighted by molar-refractivity contribution is 0.263. The van der Waals surface area contributed by atoms with E-state index in [2.05, 4.69) is 43.9 Å². The Bertz CT molecular complexity index is 334. The first-order valence-corrected chi connectivity index (χ1v) is 6.66. The summed E-state index contributed by atoms with van der Waals surface area (Å²) in [5.74, 6) is 0. The van der Waals surface area contributed by atoms with Crippen LogP contribution in [0.4, 0.5) is 0 Å². The highest BCUT2D eigenvalue weighted by Crippen LogP contribution is 2.13. The van der Waals surface area contributed by atoms with Gasteiger partial charge in [-0.2, -0.15) is 0 Å². The molecule has 0 saturated heterocycles. The third-order valence-corrected chi connectivity index (χ3v) is 3.12. The Morgan fingerprint density at radius 2 is 1.94 bits per heavy atom. The molecule has 0 aliphatic carbocycles. The zero-order chi connectivity index (χ0) is 12.7. The number of nitrogens with zero attached hydrogens (tertiary/aromatic N) is 1. The third-order valence-electron chi connectivity index (χ3n) is 3.12. The second-order valence-corrected chi connectivity index (χ2v) is 4.85. The molecule has 0 atom stereocenters. The minimum atomic E-state index is 0.785. The number of nitrogens with two attached hydrogens (primary N) is 1. The molecule has 1 aromatic rings. The topological polar surface area (TPSA) is 29.3 Å². The van der Waals surface area contributed by atoms with E-state index in [1.54, 1.807) is 0 Å². The molecule has 0 aliphatic rings. The number of rotatable bonds is 7. The highest BCUT2D eigenvalue weighted by Gasteiger charge is 2.06. The SMILES string of the molecule is CCCN(CCCN)Cc1cc(C)ccc1C. The first-order valence-electron chi connectivity index (χ1n) is 6.66. The van der Waals surface area contributed by atoms with Gasteiger partial charge in [-0.05, 0) is 57.5 Å². The van der Waals surface area contributed by atoms with E-state index in [1.807, 2.05) is 0 Å². The van der Waals surface area contributed by atoms with Gasteiger partial charge in [0.1, 0.15) is 0 Å². The fourth-order valence-electron chi connectivity index (χ4n) is 2.11. The summed E-state index contributed by atoms with van der Waals surface area (Å²) in [5, 5.41) is 0. The molecule has 0 radical (unpaired) electrons. The van der Waals surface area contributed by atoms with Crippen molar-refractivity contribution in [2.45, 2.75) is 40.2 Å². The normalized spacial score (nSPS) is 11.1. The van der Waals surface area contributed by atoms with Crippen LogP contribution >= 0.6 is 0 Å². The number of hydrogen-bond acceptors (Lipinski definition) is 2. The van der Waals surface area contributed by atoms with E-state index in [4.69, 9.17) is 5.73 Å². The molecule has 2 N–H and O–H groups in total. The lowest BCUT2D eigenvalue weighted by Gasteiger charge is -2.22. The van der Waals surface area contributed by atoms with E-state index >= 15 is 0 Å². The molecule has 0 aromatic heterocycles. The van der Waals surface area contributed by atoms with Crippen molar-refractivity contribution in [2.24, 2.45) is 5.73 Å². The Balaban J connectivity index is 2.67. The van der Waals surface area contributed by atoms with Crippen LogP contribution in [0.25, 0.3) is 0 Å². The van der Waals surface area contributed by atoms with Crippen LogP contribution in [0.2, 0.25) is 0 Å². The lowest BCUT2D eigenvalue weighted by Crippen LogP contribution is -2.27. The maximum atomic E-state index is 5.59. The largest absolute Gasteiger partial charge is 0.330 e. The number of hydrogen-bond donors (Lipinski definition) is 1. The van der Waals surface area contributed by atoms with Crippen molar-refractivity contribution in [1.29, 1.82) is 0 Å². The number of benzene rings is 1. The molecule has 2 nitrogen and oxygen atoms in total. The van der Waals surface area contributed by atoms with E-state index in [1.165, 1.54) is 23.1 Å². The van der Waals surface area contributed by atoms with Crippen LogP contribution in [0.3, 0.4) is 0 Å². The molecule has 2 heteroatoms. The quantitative estimate of drug-likeness (QED) is 0.786. The van der Waals surface area contributed by atoms with Crippen molar-refractivity contribution in [3.63, 3.8) is 0 Å². The second-order valence-electron chi connectivity index (χ2n) is 4.85.